The van der Waals surface area contributed by atoms with Crippen molar-refractivity contribution in [3.8, 4) is 5.75 Å². The molecule has 0 aliphatic carbocycles. The summed E-state index contributed by atoms with van der Waals surface area (Å²) in [6.07, 6.45) is 3.70. The summed E-state index contributed by atoms with van der Waals surface area (Å²) in [5, 5.41) is 3.84. The van der Waals surface area contributed by atoms with E-state index in [4.69, 9.17) is 14.9 Å². The molecule has 1 fully saturated rings. The molecule has 1 aromatic heterocycles. The van der Waals surface area contributed by atoms with Gasteiger partial charge in [0.15, 0.2) is 0 Å². The lowest BCUT2D eigenvalue weighted by atomic mass is 9.97. The fourth-order valence-corrected chi connectivity index (χ4v) is 4.09. The predicted octanol–water partition coefficient (Wildman–Crippen LogP) is 3.32. The van der Waals surface area contributed by atoms with Gasteiger partial charge in [-0.2, -0.15) is 0 Å². The summed E-state index contributed by atoms with van der Waals surface area (Å²) in [6, 6.07) is 13.4. The number of hydrogen-bond acceptors (Lipinski definition) is 5. The number of nitrogens with zero attached hydrogens (tertiary/aromatic N) is 1. The minimum absolute atomic E-state index is 0.0626. The Morgan fingerprint density at radius 1 is 1.23 bits per heavy atom. The summed E-state index contributed by atoms with van der Waals surface area (Å²) < 4.78 is 10.8. The van der Waals surface area contributed by atoms with Crippen LogP contribution < -0.4 is 15.8 Å². The van der Waals surface area contributed by atoms with Gasteiger partial charge in [0.25, 0.3) is 0 Å². The maximum atomic E-state index is 12.5. The molecular formula is C24H27N3O4. The van der Waals surface area contributed by atoms with Gasteiger partial charge in [-0.1, -0.05) is 12.1 Å². The smallest absolute Gasteiger partial charge is 0.228 e. The van der Waals surface area contributed by atoms with Gasteiger partial charge in [-0.15, -0.1) is 0 Å². The van der Waals surface area contributed by atoms with Gasteiger partial charge in [0.1, 0.15) is 11.3 Å². The number of methoxy groups -OCH3 is 1. The molecule has 4 rings (SSSR count). The number of anilines is 1. The molecule has 7 nitrogen and oxygen atoms in total. The Balaban J connectivity index is 1.33. The first-order chi connectivity index (χ1) is 15.0. The normalized spacial score (nSPS) is 16.9. The highest BCUT2D eigenvalue weighted by atomic mass is 16.5. The second-order valence-electron chi connectivity index (χ2n) is 8.02. The third-order valence-corrected chi connectivity index (χ3v) is 5.77. The fourth-order valence-electron chi connectivity index (χ4n) is 4.09. The zero-order chi connectivity index (χ0) is 21.8. The van der Waals surface area contributed by atoms with Crippen molar-refractivity contribution < 1.29 is 18.7 Å². The number of rotatable bonds is 7. The van der Waals surface area contributed by atoms with Crippen LogP contribution in [0.4, 0.5) is 5.69 Å². The Morgan fingerprint density at radius 3 is 2.77 bits per heavy atom. The summed E-state index contributed by atoms with van der Waals surface area (Å²) in [6.45, 7) is 2.44. The first kappa shape index (κ1) is 20.9. The van der Waals surface area contributed by atoms with Gasteiger partial charge >= 0.3 is 0 Å². The summed E-state index contributed by atoms with van der Waals surface area (Å²) in [7, 11) is 1.61. The van der Waals surface area contributed by atoms with Crippen molar-refractivity contribution in [1.82, 2.24) is 4.90 Å². The molecule has 1 atom stereocenters. The highest BCUT2D eigenvalue weighted by Crippen LogP contribution is 2.26. The average molecular weight is 421 g/mol. The van der Waals surface area contributed by atoms with E-state index in [2.05, 4.69) is 10.2 Å². The Bertz CT molecular complexity index is 1070. The number of furan rings is 1. The van der Waals surface area contributed by atoms with E-state index in [0.29, 0.717) is 17.9 Å². The van der Waals surface area contributed by atoms with E-state index < -0.39 is 0 Å². The first-order valence-corrected chi connectivity index (χ1v) is 10.5. The quantitative estimate of drug-likeness (QED) is 0.610. The number of ether oxygens (including phenoxy) is 1. The van der Waals surface area contributed by atoms with Gasteiger partial charge in [-0.3, -0.25) is 14.5 Å². The van der Waals surface area contributed by atoms with Crippen molar-refractivity contribution >= 4 is 28.5 Å². The van der Waals surface area contributed by atoms with Crippen LogP contribution in [0.25, 0.3) is 11.0 Å². The SMILES string of the molecule is COc1ccc2c(CC(=O)Nc3ccc(CN4CCCC(C(N)=O)C4)cc3)coc2c1. The molecule has 2 amide bonds. The number of nitrogens with one attached hydrogen (secondary N) is 1. The molecule has 3 aromatic rings. The highest BCUT2D eigenvalue weighted by molar-refractivity contribution is 5.95. The van der Waals surface area contributed by atoms with Crippen LogP contribution in [0.2, 0.25) is 0 Å². The van der Waals surface area contributed by atoms with Crippen LogP contribution in [0.15, 0.2) is 53.1 Å². The van der Waals surface area contributed by atoms with E-state index in [1.165, 1.54) is 0 Å². The third kappa shape index (κ3) is 5.06. The molecule has 0 bridgehead atoms. The van der Waals surface area contributed by atoms with Crippen molar-refractivity contribution in [1.29, 1.82) is 0 Å². The van der Waals surface area contributed by atoms with E-state index in [1.54, 1.807) is 13.4 Å². The number of piperidine rings is 1. The van der Waals surface area contributed by atoms with Gasteiger partial charge in [0, 0.05) is 35.8 Å². The second kappa shape index (κ2) is 9.22. The van der Waals surface area contributed by atoms with E-state index >= 15 is 0 Å². The van der Waals surface area contributed by atoms with Crippen molar-refractivity contribution in [3.05, 3.63) is 59.9 Å². The number of nitrogens with two attached hydrogens (primary N) is 1. The van der Waals surface area contributed by atoms with Gasteiger partial charge in [0.05, 0.1) is 25.7 Å². The molecule has 1 unspecified atom stereocenters. The van der Waals surface area contributed by atoms with Crippen LogP contribution >= 0.6 is 0 Å². The van der Waals surface area contributed by atoms with Gasteiger partial charge < -0.3 is 20.2 Å². The number of carbonyl (C=O) groups is 2. The van der Waals surface area contributed by atoms with Crippen LogP contribution in [0.5, 0.6) is 5.75 Å². The van der Waals surface area contributed by atoms with Crippen molar-refractivity contribution in [2.45, 2.75) is 25.8 Å². The number of likely N-dealkylation sites (tertiary alicyclic amines) is 1. The number of carbonyl (C=O) groups excluding carboxylic acids is 2. The standard InChI is InChI=1S/C24H27N3O4/c1-30-20-8-9-21-18(15-31-22(21)12-20)11-23(28)26-19-6-4-16(5-7-19)13-27-10-2-3-17(14-27)24(25)29/h4-9,12,15,17H,2-3,10-11,13-14H2,1H3,(H2,25,29)(H,26,28). The molecule has 1 saturated heterocycles. The number of benzene rings is 2. The molecule has 7 heteroatoms. The number of primary amides is 1. The maximum Gasteiger partial charge on any atom is 0.228 e. The Kier molecular flexibility index (Phi) is 6.23. The largest absolute Gasteiger partial charge is 0.497 e. The summed E-state index contributed by atoms with van der Waals surface area (Å²) in [4.78, 5) is 26.2. The lowest BCUT2D eigenvalue weighted by Crippen LogP contribution is -2.40. The van der Waals surface area contributed by atoms with E-state index in [0.717, 1.165) is 48.1 Å². The minimum Gasteiger partial charge on any atom is -0.497 e. The predicted molar refractivity (Wildman–Crippen MR) is 119 cm³/mol. The van der Waals surface area contributed by atoms with E-state index in [-0.39, 0.29) is 24.2 Å². The zero-order valence-corrected chi connectivity index (χ0v) is 17.6. The van der Waals surface area contributed by atoms with Crippen molar-refractivity contribution in [2.24, 2.45) is 11.7 Å². The first-order valence-electron chi connectivity index (χ1n) is 10.5. The molecule has 162 valence electrons. The zero-order valence-electron chi connectivity index (χ0n) is 17.6. The van der Waals surface area contributed by atoms with Crippen LogP contribution in [0.1, 0.15) is 24.0 Å². The number of hydrogen-bond donors (Lipinski definition) is 2. The van der Waals surface area contributed by atoms with Crippen LogP contribution in [-0.4, -0.2) is 36.9 Å². The van der Waals surface area contributed by atoms with E-state index in [1.807, 2.05) is 42.5 Å². The average Bonchev–Trinajstić information content (AvgIpc) is 3.17. The van der Waals surface area contributed by atoms with Gasteiger partial charge in [-0.25, -0.2) is 0 Å². The Hall–Kier alpha value is -3.32. The monoisotopic (exact) mass is 421 g/mol. The fraction of sp³-hybridized carbons (Fsp3) is 0.333. The molecule has 3 N–H and O–H groups in total. The number of amides is 2. The number of fused-ring (bicyclic) bond motifs is 1. The lowest BCUT2D eigenvalue weighted by molar-refractivity contribution is -0.123. The molecule has 2 heterocycles. The molecular weight excluding hydrogens is 394 g/mol. The van der Waals surface area contributed by atoms with Crippen molar-refractivity contribution in [2.75, 3.05) is 25.5 Å². The molecule has 1 aliphatic heterocycles. The lowest BCUT2D eigenvalue weighted by Gasteiger charge is -2.31. The molecule has 2 aromatic carbocycles. The summed E-state index contributed by atoms with van der Waals surface area (Å²) >= 11 is 0. The second-order valence-corrected chi connectivity index (χ2v) is 8.02. The van der Waals surface area contributed by atoms with Crippen LogP contribution in [0.3, 0.4) is 0 Å². The topological polar surface area (TPSA) is 97.8 Å². The third-order valence-electron chi connectivity index (χ3n) is 5.77. The van der Waals surface area contributed by atoms with E-state index in [9.17, 15) is 9.59 Å². The Morgan fingerprint density at radius 2 is 2.03 bits per heavy atom. The molecule has 31 heavy (non-hydrogen) atoms. The van der Waals surface area contributed by atoms with Crippen LogP contribution in [0, 0.1) is 5.92 Å². The highest BCUT2D eigenvalue weighted by Gasteiger charge is 2.23. The van der Waals surface area contributed by atoms with Crippen molar-refractivity contribution in [3.63, 3.8) is 0 Å². The summed E-state index contributed by atoms with van der Waals surface area (Å²) in [5.41, 5.74) is 8.88. The minimum atomic E-state index is -0.215. The molecule has 0 radical (unpaired) electrons. The molecule has 0 saturated carbocycles. The van der Waals surface area contributed by atoms with Gasteiger partial charge in [0.2, 0.25) is 11.8 Å². The molecule has 0 spiro atoms. The van der Waals surface area contributed by atoms with Gasteiger partial charge in [-0.05, 0) is 49.2 Å². The maximum absolute atomic E-state index is 12.5. The Labute approximate surface area is 181 Å². The van der Waals surface area contributed by atoms with Crippen LogP contribution in [-0.2, 0) is 22.6 Å². The molecule has 1 aliphatic rings. The summed E-state index contributed by atoms with van der Waals surface area (Å²) in [5.74, 6) is 0.332.